The van der Waals surface area contributed by atoms with Crippen LogP contribution in [0.1, 0.15) is 0 Å². The van der Waals surface area contributed by atoms with E-state index in [9.17, 15) is 0 Å². The lowest BCUT2D eigenvalue weighted by Gasteiger charge is -2.46. The second-order valence-electron chi connectivity index (χ2n) is 1.37. The normalized spacial score (nSPS) is 61.2. The third-order valence-corrected chi connectivity index (χ3v) is 2.60. The van der Waals surface area contributed by atoms with Crippen LogP contribution in [0.15, 0.2) is 0 Å². The van der Waals surface area contributed by atoms with Crippen molar-refractivity contribution in [2.45, 2.75) is 6.29 Å². The van der Waals surface area contributed by atoms with Crippen molar-refractivity contribution in [3.8, 4) is 0 Å². The molecule has 6 heavy (non-hydrogen) atoms. The molecule has 2 N–H and O–H groups in total. The predicted octanol–water partition coefficient (Wildman–Crippen LogP) is -0.104. The van der Waals surface area contributed by atoms with Crippen molar-refractivity contribution in [2.75, 3.05) is 0 Å². The minimum Gasteiger partial charge on any atom is -0.291 e. The van der Waals surface area contributed by atoms with Crippen LogP contribution < -0.4 is 5.50 Å². The Hall–Kier alpha value is 0.180. The highest BCUT2D eigenvalue weighted by Crippen LogP contribution is 2.62. The number of hydrogen-bond donors (Lipinski definition) is 1. The van der Waals surface area contributed by atoms with Gasteiger partial charge in [-0.05, 0) is 0 Å². The Morgan fingerprint density at radius 2 is 2.00 bits per heavy atom. The molecule has 3 nitrogen and oxygen atoms in total. The van der Waals surface area contributed by atoms with Gasteiger partial charge < -0.3 is 0 Å². The summed E-state index contributed by atoms with van der Waals surface area (Å²) >= 11 is 0. The Morgan fingerprint density at radius 1 is 1.67 bits per heavy atom. The number of nitrogens with two attached hydrogens (primary N) is 1. The van der Waals surface area contributed by atoms with E-state index in [1.54, 1.807) is 0 Å². The molecule has 3 heterocycles. The molecule has 1 saturated heterocycles. The van der Waals surface area contributed by atoms with Gasteiger partial charge in [0, 0.05) is 5.80 Å². The first-order valence-electron chi connectivity index (χ1n) is 1.69. The fourth-order valence-corrected chi connectivity index (χ4v) is 1.51. The average molecular weight is 105 g/mol. The highest BCUT2D eigenvalue weighted by Gasteiger charge is 2.45. The summed E-state index contributed by atoms with van der Waals surface area (Å²) in [5.41, 5.74) is 5.30. The SMILES string of the molecule is NP12=CC(O1)O2. The summed E-state index contributed by atoms with van der Waals surface area (Å²) in [6.07, 6.45) is -0.0247. The fourth-order valence-electron chi connectivity index (χ4n) is 0.504. The van der Waals surface area contributed by atoms with Gasteiger partial charge in [-0.15, -0.1) is 0 Å². The van der Waals surface area contributed by atoms with Gasteiger partial charge in [-0.1, -0.05) is 0 Å². The topological polar surface area (TPSA) is 44.5 Å². The van der Waals surface area contributed by atoms with E-state index in [1.807, 2.05) is 5.80 Å². The minimum absolute atomic E-state index is 0.0247. The van der Waals surface area contributed by atoms with Crippen molar-refractivity contribution < 1.29 is 9.05 Å². The van der Waals surface area contributed by atoms with E-state index in [0.717, 1.165) is 0 Å². The van der Waals surface area contributed by atoms with Gasteiger partial charge in [0.25, 0.3) is 0 Å². The summed E-state index contributed by atoms with van der Waals surface area (Å²) in [5.74, 6) is 1.91. The molecule has 0 aromatic heterocycles. The second-order valence-corrected chi connectivity index (χ2v) is 3.38. The molecule has 3 aliphatic rings. The molecule has 0 radical (unpaired) electrons. The van der Waals surface area contributed by atoms with Gasteiger partial charge in [-0.25, -0.2) is 0 Å². The van der Waals surface area contributed by atoms with Crippen molar-refractivity contribution in [3.05, 3.63) is 0 Å². The Balaban J connectivity index is 2.54. The first-order chi connectivity index (χ1) is 2.79. The molecule has 0 atom stereocenters. The van der Waals surface area contributed by atoms with E-state index >= 15 is 0 Å². The molecular formula is C2H4NO2P. The van der Waals surface area contributed by atoms with Crippen LogP contribution in [0, 0.1) is 0 Å². The van der Waals surface area contributed by atoms with Crippen LogP contribution in [0.25, 0.3) is 0 Å². The first kappa shape index (κ1) is 3.22. The van der Waals surface area contributed by atoms with E-state index in [2.05, 4.69) is 0 Å². The van der Waals surface area contributed by atoms with Crippen LogP contribution in [0.4, 0.5) is 0 Å². The van der Waals surface area contributed by atoms with Gasteiger partial charge in [0.2, 0.25) is 0 Å². The molecule has 0 unspecified atom stereocenters. The van der Waals surface area contributed by atoms with Gasteiger partial charge >= 0.3 is 0 Å². The summed E-state index contributed by atoms with van der Waals surface area (Å²) in [5, 5.41) is 0. The molecule has 3 rings (SSSR count). The molecule has 3 aliphatic heterocycles. The van der Waals surface area contributed by atoms with E-state index in [-0.39, 0.29) is 6.29 Å². The molecule has 0 amide bonds. The van der Waals surface area contributed by atoms with Crippen molar-refractivity contribution >= 4 is 13.3 Å². The highest BCUT2D eigenvalue weighted by atomic mass is 31.2. The summed E-state index contributed by atoms with van der Waals surface area (Å²) in [4.78, 5) is 0. The van der Waals surface area contributed by atoms with Crippen LogP contribution in [0.5, 0.6) is 0 Å². The zero-order valence-corrected chi connectivity index (χ0v) is 3.89. The van der Waals surface area contributed by atoms with Gasteiger partial charge in [0.05, 0.1) is 0 Å². The van der Waals surface area contributed by atoms with Gasteiger partial charge in [0.1, 0.15) is 0 Å². The molecule has 34 valence electrons. The van der Waals surface area contributed by atoms with Crippen molar-refractivity contribution in [2.24, 2.45) is 5.50 Å². The maximum absolute atomic E-state index is 5.30. The Kier molecular flexibility index (Phi) is 0.327. The summed E-state index contributed by atoms with van der Waals surface area (Å²) in [6.45, 7) is 0. The van der Waals surface area contributed by atoms with Crippen LogP contribution in [-0.4, -0.2) is 12.1 Å². The highest BCUT2D eigenvalue weighted by molar-refractivity contribution is 7.67. The third-order valence-electron chi connectivity index (χ3n) is 0.867. The smallest absolute Gasteiger partial charge is 0.197 e. The first-order valence-corrected chi connectivity index (χ1v) is 3.45. The van der Waals surface area contributed by atoms with Crippen LogP contribution in [0.3, 0.4) is 0 Å². The van der Waals surface area contributed by atoms with Crippen LogP contribution >= 0.6 is 7.49 Å². The fraction of sp³-hybridized carbons (Fsp3) is 0.500. The summed E-state index contributed by atoms with van der Waals surface area (Å²) in [6, 6.07) is 0. The van der Waals surface area contributed by atoms with Crippen molar-refractivity contribution in [1.29, 1.82) is 0 Å². The van der Waals surface area contributed by atoms with Gasteiger partial charge in [-0.2, -0.15) is 0 Å². The van der Waals surface area contributed by atoms with Crippen molar-refractivity contribution in [1.82, 2.24) is 0 Å². The van der Waals surface area contributed by atoms with Gasteiger partial charge in [-0.3, -0.25) is 14.6 Å². The van der Waals surface area contributed by atoms with Crippen molar-refractivity contribution in [3.63, 3.8) is 0 Å². The number of rotatable bonds is 0. The quantitative estimate of drug-likeness (QED) is 0.437. The average Bonchev–Trinajstić information content (AvgIpc) is 1.24. The largest absolute Gasteiger partial charge is 0.291 e. The standard InChI is InChI=1S/C2H4NO2P/c3-6-1-2(4-6)5-6/h1-2H,3H2. The van der Waals surface area contributed by atoms with Gasteiger partial charge in [0.15, 0.2) is 13.8 Å². The Morgan fingerprint density at radius 3 is 2.00 bits per heavy atom. The molecule has 0 saturated carbocycles. The maximum Gasteiger partial charge on any atom is 0.197 e. The molecule has 0 aliphatic carbocycles. The lowest BCUT2D eigenvalue weighted by Crippen LogP contribution is -2.43. The molecule has 4 heteroatoms. The maximum atomic E-state index is 5.30. The van der Waals surface area contributed by atoms with Crippen LogP contribution in [-0.2, 0) is 9.05 Å². The molecule has 0 spiro atoms. The monoisotopic (exact) mass is 105 g/mol. The molecule has 0 aromatic rings. The molecule has 0 aromatic carbocycles. The zero-order chi connectivity index (χ0) is 4.20. The lowest BCUT2D eigenvalue weighted by atomic mass is 10.8. The molecule has 1 fully saturated rings. The predicted molar refractivity (Wildman–Crippen MR) is 23.1 cm³/mol. The van der Waals surface area contributed by atoms with E-state index < -0.39 is 7.49 Å². The third kappa shape index (κ3) is 0.183. The Labute approximate surface area is 35.2 Å². The molecular weight excluding hydrogens is 101 g/mol. The van der Waals surface area contributed by atoms with Crippen LogP contribution in [0.2, 0.25) is 0 Å². The number of hydrogen-bond acceptors (Lipinski definition) is 3. The Bertz CT molecular complexity index is 132. The summed E-state index contributed by atoms with van der Waals surface area (Å²) in [7, 11) is -1.70. The second kappa shape index (κ2) is 0.610. The lowest BCUT2D eigenvalue weighted by molar-refractivity contribution is -0.0378. The van der Waals surface area contributed by atoms with E-state index in [1.165, 1.54) is 0 Å². The summed E-state index contributed by atoms with van der Waals surface area (Å²) < 4.78 is 9.65. The molecule has 2 bridgehead atoms. The minimum atomic E-state index is -1.70. The van der Waals surface area contributed by atoms with E-state index in [0.29, 0.717) is 0 Å². The zero-order valence-electron chi connectivity index (χ0n) is 3.00. The van der Waals surface area contributed by atoms with E-state index in [4.69, 9.17) is 14.6 Å².